The van der Waals surface area contributed by atoms with Gasteiger partial charge in [-0.05, 0) is 60.6 Å². The van der Waals surface area contributed by atoms with Gasteiger partial charge in [0.2, 0.25) is 0 Å². The Morgan fingerprint density at radius 3 is 2.28 bits per heavy atom. The number of aryl methyl sites for hydroxylation is 1. The van der Waals surface area contributed by atoms with Gasteiger partial charge in [-0.1, -0.05) is 50.5 Å². The summed E-state index contributed by atoms with van der Waals surface area (Å²) in [5.74, 6) is 2.80. The van der Waals surface area contributed by atoms with Crippen LogP contribution in [0.5, 0.6) is 0 Å². The van der Waals surface area contributed by atoms with Gasteiger partial charge in [0.15, 0.2) is 0 Å². The quantitative estimate of drug-likeness (QED) is 0.289. The highest BCUT2D eigenvalue weighted by Gasteiger charge is 2.37. The highest BCUT2D eigenvalue weighted by Crippen LogP contribution is 2.34. The number of halogens is 5. The molecule has 5 heteroatoms. The molecule has 1 unspecified atom stereocenters. The lowest BCUT2D eigenvalue weighted by Crippen LogP contribution is -2.14. The van der Waals surface area contributed by atoms with E-state index >= 15 is 0 Å². The topological polar surface area (TPSA) is 0 Å². The Bertz CT molecular complexity index is 908. The zero-order chi connectivity index (χ0) is 21.0. The SMILES string of the molecule is CCCCCC1CCc2cc(C#Cc3cc(F)c(C(F)(F)F)c(F)c3)ccc2C1. The Hall–Kier alpha value is -2.35. The number of hydrogen-bond acceptors (Lipinski definition) is 0. The molecule has 1 atom stereocenters. The van der Waals surface area contributed by atoms with E-state index in [0.717, 1.165) is 19.3 Å². The molecule has 0 saturated heterocycles. The van der Waals surface area contributed by atoms with Gasteiger partial charge >= 0.3 is 6.18 Å². The Kier molecular flexibility index (Phi) is 6.62. The van der Waals surface area contributed by atoms with E-state index in [1.807, 2.05) is 18.2 Å². The molecule has 1 aliphatic rings. The average Bonchev–Trinajstić information content (AvgIpc) is 2.65. The number of alkyl halides is 3. The maximum Gasteiger partial charge on any atom is 0.422 e. The summed E-state index contributed by atoms with van der Waals surface area (Å²) < 4.78 is 65.3. The van der Waals surface area contributed by atoms with E-state index in [2.05, 4.69) is 18.8 Å². The van der Waals surface area contributed by atoms with Crippen LogP contribution in [0.3, 0.4) is 0 Å². The Morgan fingerprint density at radius 1 is 0.931 bits per heavy atom. The maximum atomic E-state index is 13.7. The fraction of sp³-hybridized carbons (Fsp3) is 0.417. The molecule has 0 aliphatic heterocycles. The third-order valence-electron chi connectivity index (χ3n) is 5.43. The summed E-state index contributed by atoms with van der Waals surface area (Å²) in [5, 5.41) is 0. The van der Waals surface area contributed by atoms with Gasteiger partial charge in [-0.3, -0.25) is 0 Å². The van der Waals surface area contributed by atoms with Crippen molar-refractivity contribution >= 4 is 0 Å². The number of benzene rings is 2. The molecule has 3 rings (SSSR count). The van der Waals surface area contributed by atoms with E-state index in [-0.39, 0.29) is 5.56 Å². The second kappa shape index (κ2) is 8.98. The first-order chi connectivity index (χ1) is 13.8. The molecule has 1 aliphatic carbocycles. The first-order valence-corrected chi connectivity index (χ1v) is 9.98. The number of unbranched alkanes of at least 4 members (excludes halogenated alkanes) is 2. The number of hydrogen-bond donors (Lipinski definition) is 0. The first-order valence-electron chi connectivity index (χ1n) is 9.98. The molecular weight excluding hydrogens is 383 g/mol. The van der Waals surface area contributed by atoms with Crippen molar-refractivity contribution in [3.63, 3.8) is 0 Å². The van der Waals surface area contributed by atoms with Gasteiger partial charge < -0.3 is 0 Å². The van der Waals surface area contributed by atoms with Gasteiger partial charge in [-0.2, -0.15) is 13.2 Å². The van der Waals surface area contributed by atoms with Crippen molar-refractivity contribution in [3.05, 3.63) is 69.8 Å². The molecule has 0 fully saturated rings. The summed E-state index contributed by atoms with van der Waals surface area (Å²) in [6.45, 7) is 2.20. The fourth-order valence-corrected chi connectivity index (χ4v) is 3.90. The van der Waals surface area contributed by atoms with Crippen molar-refractivity contribution in [3.8, 4) is 11.8 Å². The van der Waals surface area contributed by atoms with Crippen molar-refractivity contribution in [2.45, 2.75) is 58.0 Å². The highest BCUT2D eigenvalue weighted by atomic mass is 19.4. The summed E-state index contributed by atoms with van der Waals surface area (Å²) in [4.78, 5) is 0. The Morgan fingerprint density at radius 2 is 1.62 bits per heavy atom. The molecule has 0 saturated carbocycles. The Labute approximate surface area is 168 Å². The van der Waals surface area contributed by atoms with E-state index in [9.17, 15) is 22.0 Å². The van der Waals surface area contributed by atoms with Gasteiger partial charge in [0.05, 0.1) is 0 Å². The third-order valence-corrected chi connectivity index (χ3v) is 5.43. The van der Waals surface area contributed by atoms with Gasteiger partial charge in [0, 0.05) is 11.1 Å². The van der Waals surface area contributed by atoms with Crippen molar-refractivity contribution < 1.29 is 22.0 Å². The van der Waals surface area contributed by atoms with Crippen LogP contribution >= 0.6 is 0 Å². The smallest absolute Gasteiger partial charge is 0.206 e. The molecule has 0 heterocycles. The van der Waals surface area contributed by atoms with Crippen LogP contribution in [0.1, 0.15) is 66.8 Å². The van der Waals surface area contributed by atoms with E-state index in [4.69, 9.17) is 0 Å². The minimum absolute atomic E-state index is 0.123. The summed E-state index contributed by atoms with van der Waals surface area (Å²) >= 11 is 0. The molecule has 0 nitrogen and oxygen atoms in total. The van der Waals surface area contributed by atoms with E-state index in [1.165, 1.54) is 36.8 Å². The predicted molar refractivity (Wildman–Crippen MR) is 103 cm³/mol. The van der Waals surface area contributed by atoms with Crippen molar-refractivity contribution in [1.29, 1.82) is 0 Å². The van der Waals surface area contributed by atoms with E-state index in [0.29, 0.717) is 23.6 Å². The predicted octanol–water partition coefficient (Wildman–Crippen LogP) is 7.07. The molecule has 154 valence electrons. The van der Waals surface area contributed by atoms with Gasteiger partial charge in [0.25, 0.3) is 0 Å². The lowest BCUT2D eigenvalue weighted by molar-refractivity contribution is -0.142. The Balaban J connectivity index is 1.74. The number of fused-ring (bicyclic) bond motifs is 1. The molecule has 0 amide bonds. The summed E-state index contributed by atoms with van der Waals surface area (Å²) in [6.07, 6.45) is 3.10. The normalized spacial score (nSPS) is 16.1. The van der Waals surface area contributed by atoms with Crippen LogP contribution in [0.4, 0.5) is 22.0 Å². The first kappa shape index (κ1) is 21.4. The van der Waals surface area contributed by atoms with Crippen LogP contribution in [0, 0.1) is 29.4 Å². The van der Waals surface area contributed by atoms with Gasteiger partial charge in [-0.15, -0.1) is 0 Å². The second-order valence-corrected chi connectivity index (χ2v) is 7.65. The van der Waals surface area contributed by atoms with Crippen LogP contribution in [0.2, 0.25) is 0 Å². The molecule has 0 spiro atoms. The molecular formula is C24H23F5. The van der Waals surface area contributed by atoms with Crippen LogP contribution in [0.25, 0.3) is 0 Å². The molecule has 2 aromatic rings. The van der Waals surface area contributed by atoms with Gasteiger partial charge in [-0.25, -0.2) is 8.78 Å². The zero-order valence-corrected chi connectivity index (χ0v) is 16.3. The van der Waals surface area contributed by atoms with E-state index in [1.54, 1.807) is 0 Å². The van der Waals surface area contributed by atoms with Crippen LogP contribution in [-0.2, 0) is 19.0 Å². The van der Waals surface area contributed by atoms with Crippen LogP contribution in [0.15, 0.2) is 30.3 Å². The molecule has 0 bridgehead atoms. The third kappa shape index (κ3) is 5.38. The zero-order valence-electron chi connectivity index (χ0n) is 16.3. The lowest BCUT2D eigenvalue weighted by atomic mass is 9.81. The summed E-state index contributed by atoms with van der Waals surface area (Å²) in [5.41, 5.74) is 1.23. The minimum atomic E-state index is -5.08. The summed E-state index contributed by atoms with van der Waals surface area (Å²) in [6, 6.07) is 7.12. The molecule has 0 radical (unpaired) electrons. The monoisotopic (exact) mass is 406 g/mol. The fourth-order valence-electron chi connectivity index (χ4n) is 3.90. The molecule has 0 N–H and O–H groups in total. The maximum absolute atomic E-state index is 13.7. The summed E-state index contributed by atoms with van der Waals surface area (Å²) in [7, 11) is 0. The standard InChI is InChI=1S/C24H23F5/c1-2-3-4-5-16-8-10-20-13-17(9-11-19(20)12-16)6-7-18-14-21(25)23(22(26)15-18)24(27,28)29/h9,11,13-16H,2-5,8,10,12H2,1H3. The van der Waals surface area contributed by atoms with Crippen LogP contribution < -0.4 is 0 Å². The molecule has 0 aromatic heterocycles. The molecule has 29 heavy (non-hydrogen) atoms. The van der Waals surface area contributed by atoms with Crippen molar-refractivity contribution in [1.82, 2.24) is 0 Å². The van der Waals surface area contributed by atoms with Crippen molar-refractivity contribution in [2.75, 3.05) is 0 Å². The average molecular weight is 406 g/mol. The van der Waals surface area contributed by atoms with Crippen LogP contribution in [-0.4, -0.2) is 0 Å². The molecule has 2 aromatic carbocycles. The minimum Gasteiger partial charge on any atom is -0.206 e. The van der Waals surface area contributed by atoms with Gasteiger partial charge in [0.1, 0.15) is 17.2 Å². The second-order valence-electron chi connectivity index (χ2n) is 7.65. The van der Waals surface area contributed by atoms with E-state index < -0.39 is 23.4 Å². The highest BCUT2D eigenvalue weighted by molar-refractivity contribution is 5.47. The van der Waals surface area contributed by atoms with Crippen molar-refractivity contribution in [2.24, 2.45) is 5.92 Å². The largest absolute Gasteiger partial charge is 0.422 e. The lowest BCUT2D eigenvalue weighted by Gasteiger charge is -2.24. The number of rotatable bonds is 4.